The molecule has 3 aromatic rings. The number of nitrogens with zero attached hydrogens (tertiary/aromatic N) is 1. The van der Waals surface area contributed by atoms with Gasteiger partial charge in [-0.15, -0.1) is 0 Å². The second kappa shape index (κ2) is 7.03. The van der Waals surface area contributed by atoms with Gasteiger partial charge >= 0.3 is 0 Å². The van der Waals surface area contributed by atoms with Gasteiger partial charge in [0.1, 0.15) is 0 Å². The van der Waals surface area contributed by atoms with Crippen LogP contribution in [0.5, 0.6) is 0 Å². The second-order valence-corrected chi connectivity index (χ2v) is 5.46. The van der Waals surface area contributed by atoms with E-state index in [2.05, 4.69) is 77.9 Å². The highest BCUT2D eigenvalue weighted by atomic mass is 15.0. The topological polar surface area (TPSA) is 29.9 Å². The first-order chi connectivity index (χ1) is 11.3. The number of hydrogen-bond acceptors (Lipinski definition) is 1. The zero-order chi connectivity index (χ0) is 16.1. The molecule has 0 aliphatic rings. The van der Waals surface area contributed by atoms with E-state index < -0.39 is 0 Å². The molecular formula is C21H21N2+. The maximum absolute atomic E-state index is 5.74. The van der Waals surface area contributed by atoms with Crippen molar-refractivity contribution < 1.29 is 4.57 Å². The first kappa shape index (κ1) is 15.2. The number of rotatable bonds is 5. The number of nitrogens with two attached hydrogens (primary N) is 1. The van der Waals surface area contributed by atoms with Crippen LogP contribution in [0.4, 0.5) is 0 Å². The summed E-state index contributed by atoms with van der Waals surface area (Å²) in [6.45, 7) is 5.26. The second-order valence-electron chi connectivity index (χ2n) is 5.46. The Labute approximate surface area is 137 Å². The molecule has 0 aliphatic heterocycles. The van der Waals surface area contributed by atoms with Crippen LogP contribution < -0.4 is 10.3 Å². The molecule has 0 aliphatic carbocycles. The Morgan fingerprint density at radius 1 is 0.870 bits per heavy atom. The van der Waals surface area contributed by atoms with Crippen LogP contribution in [-0.2, 0) is 6.54 Å². The van der Waals surface area contributed by atoms with Crippen LogP contribution >= 0.6 is 0 Å². The lowest BCUT2D eigenvalue weighted by molar-refractivity contribution is -0.697. The van der Waals surface area contributed by atoms with Gasteiger partial charge in [-0.1, -0.05) is 43.0 Å². The molecule has 0 atom stereocenters. The highest BCUT2D eigenvalue weighted by Crippen LogP contribution is 2.17. The van der Waals surface area contributed by atoms with Gasteiger partial charge in [0.15, 0.2) is 6.54 Å². The minimum absolute atomic E-state index is 0.604. The molecule has 0 radical (unpaired) electrons. The van der Waals surface area contributed by atoms with Crippen molar-refractivity contribution in [2.24, 2.45) is 5.73 Å². The number of fused-ring (bicyclic) bond motifs is 1. The Kier molecular flexibility index (Phi) is 4.65. The fraction of sp³-hybridized carbons (Fsp3) is 0.0952. The van der Waals surface area contributed by atoms with Crippen LogP contribution in [0.1, 0.15) is 17.0 Å². The molecule has 1 aromatic heterocycles. The van der Waals surface area contributed by atoms with E-state index in [1.165, 1.54) is 16.3 Å². The minimum atomic E-state index is 0.604. The van der Waals surface area contributed by atoms with Crippen LogP contribution in [0.25, 0.3) is 29.0 Å². The molecule has 1 heterocycles. The molecule has 114 valence electrons. The van der Waals surface area contributed by atoms with Crippen molar-refractivity contribution in [2.75, 3.05) is 6.54 Å². The number of hydrogen-bond donors (Lipinski definition) is 1. The van der Waals surface area contributed by atoms with Crippen LogP contribution in [0.2, 0.25) is 0 Å². The van der Waals surface area contributed by atoms with Crippen molar-refractivity contribution in [3.8, 4) is 0 Å². The Morgan fingerprint density at radius 3 is 2.43 bits per heavy atom. The van der Waals surface area contributed by atoms with Gasteiger partial charge in [-0.2, -0.15) is 4.57 Å². The fourth-order valence-electron chi connectivity index (χ4n) is 2.78. The Balaban J connectivity index is 1.96. The Morgan fingerprint density at radius 2 is 1.65 bits per heavy atom. The van der Waals surface area contributed by atoms with E-state index in [0.717, 1.165) is 17.9 Å². The first-order valence-corrected chi connectivity index (χ1v) is 7.84. The number of pyridine rings is 1. The largest absolute Gasteiger partial charge is 0.325 e. The summed E-state index contributed by atoms with van der Waals surface area (Å²) in [6, 6.07) is 21.1. The smallest absolute Gasteiger partial charge is 0.205 e. The van der Waals surface area contributed by atoms with E-state index in [-0.39, 0.29) is 0 Å². The third-order valence-corrected chi connectivity index (χ3v) is 3.94. The third-order valence-electron chi connectivity index (χ3n) is 3.94. The maximum atomic E-state index is 5.74. The summed E-state index contributed by atoms with van der Waals surface area (Å²) in [5.74, 6) is 0. The van der Waals surface area contributed by atoms with Crippen molar-refractivity contribution in [1.29, 1.82) is 0 Å². The molecule has 0 amide bonds. The SMILES string of the molecule is C=Cc1cccc(/C=C/c2ccc3ccccc3c2)[n+]1CCN. The quantitative estimate of drug-likeness (QED) is 0.712. The van der Waals surface area contributed by atoms with E-state index in [4.69, 9.17) is 5.73 Å². The predicted molar refractivity (Wildman–Crippen MR) is 98.7 cm³/mol. The zero-order valence-electron chi connectivity index (χ0n) is 13.2. The van der Waals surface area contributed by atoms with E-state index >= 15 is 0 Å². The Bertz CT molecular complexity index is 863. The van der Waals surface area contributed by atoms with Gasteiger partial charge in [0.05, 0.1) is 6.54 Å². The fourth-order valence-corrected chi connectivity index (χ4v) is 2.78. The third kappa shape index (κ3) is 3.38. The van der Waals surface area contributed by atoms with Crippen LogP contribution in [-0.4, -0.2) is 6.54 Å². The van der Waals surface area contributed by atoms with Gasteiger partial charge in [0.2, 0.25) is 11.4 Å². The van der Waals surface area contributed by atoms with Crippen LogP contribution in [0.3, 0.4) is 0 Å². The molecule has 0 bridgehead atoms. The average Bonchev–Trinajstić information content (AvgIpc) is 2.60. The number of benzene rings is 2. The molecular weight excluding hydrogens is 280 g/mol. The molecule has 0 spiro atoms. The summed E-state index contributed by atoms with van der Waals surface area (Å²) in [6.07, 6.45) is 6.14. The lowest BCUT2D eigenvalue weighted by atomic mass is 10.1. The molecule has 0 saturated heterocycles. The predicted octanol–water partition coefficient (Wildman–Crippen LogP) is 3.90. The van der Waals surface area contributed by atoms with Crippen LogP contribution in [0, 0.1) is 0 Å². The van der Waals surface area contributed by atoms with Gasteiger partial charge in [0.25, 0.3) is 0 Å². The lowest BCUT2D eigenvalue weighted by Crippen LogP contribution is -2.43. The van der Waals surface area contributed by atoms with Crippen molar-refractivity contribution in [3.05, 3.63) is 84.2 Å². The standard InChI is InChI=1S/C21H21N2/c1-2-20-8-5-9-21(23(20)15-14-22)13-11-17-10-12-18-6-3-4-7-19(18)16-17/h2-13,16H,1,14-15,22H2/q+1/b13-11+. The average molecular weight is 301 g/mol. The Hall–Kier alpha value is -2.71. The van der Waals surface area contributed by atoms with E-state index in [0.29, 0.717) is 6.54 Å². The van der Waals surface area contributed by atoms with Gasteiger partial charge in [-0.3, -0.25) is 0 Å². The van der Waals surface area contributed by atoms with Gasteiger partial charge in [-0.05, 0) is 34.5 Å². The van der Waals surface area contributed by atoms with E-state index in [9.17, 15) is 0 Å². The summed E-state index contributed by atoms with van der Waals surface area (Å²) < 4.78 is 2.19. The van der Waals surface area contributed by atoms with Crippen LogP contribution in [0.15, 0.2) is 67.2 Å². The van der Waals surface area contributed by atoms with Crippen molar-refractivity contribution in [3.63, 3.8) is 0 Å². The number of aromatic nitrogens is 1. The maximum Gasteiger partial charge on any atom is 0.205 e. The highest BCUT2D eigenvalue weighted by Gasteiger charge is 2.10. The van der Waals surface area contributed by atoms with Gasteiger partial charge < -0.3 is 5.73 Å². The zero-order valence-corrected chi connectivity index (χ0v) is 13.2. The highest BCUT2D eigenvalue weighted by molar-refractivity contribution is 5.85. The molecule has 0 unspecified atom stereocenters. The monoisotopic (exact) mass is 301 g/mol. The summed E-state index contributed by atoms with van der Waals surface area (Å²) in [5, 5.41) is 2.51. The lowest BCUT2D eigenvalue weighted by Gasteiger charge is -2.03. The summed E-state index contributed by atoms with van der Waals surface area (Å²) >= 11 is 0. The summed E-state index contributed by atoms with van der Waals surface area (Å²) in [7, 11) is 0. The summed E-state index contributed by atoms with van der Waals surface area (Å²) in [5.41, 5.74) is 9.14. The molecule has 0 fully saturated rings. The van der Waals surface area contributed by atoms with Gasteiger partial charge in [-0.25, -0.2) is 0 Å². The van der Waals surface area contributed by atoms with Crippen molar-refractivity contribution in [1.82, 2.24) is 0 Å². The summed E-state index contributed by atoms with van der Waals surface area (Å²) in [4.78, 5) is 0. The molecule has 2 nitrogen and oxygen atoms in total. The molecule has 3 rings (SSSR count). The molecule has 2 N–H and O–H groups in total. The normalized spacial score (nSPS) is 11.2. The molecule has 23 heavy (non-hydrogen) atoms. The molecule has 2 aromatic carbocycles. The molecule has 0 saturated carbocycles. The van der Waals surface area contributed by atoms with Crippen molar-refractivity contribution in [2.45, 2.75) is 6.54 Å². The van der Waals surface area contributed by atoms with Gasteiger partial charge in [0, 0.05) is 24.3 Å². The van der Waals surface area contributed by atoms with E-state index in [1.807, 2.05) is 12.1 Å². The first-order valence-electron chi connectivity index (χ1n) is 7.84. The minimum Gasteiger partial charge on any atom is -0.325 e. The molecule has 2 heteroatoms. The van der Waals surface area contributed by atoms with E-state index in [1.54, 1.807) is 0 Å². The van der Waals surface area contributed by atoms with Crippen molar-refractivity contribution >= 4 is 29.0 Å².